The Hall–Kier alpha value is -1.27. The van der Waals surface area contributed by atoms with Gasteiger partial charge >= 0.3 is 0 Å². The summed E-state index contributed by atoms with van der Waals surface area (Å²) < 4.78 is 5.22. The number of rotatable bonds is 5. The molecule has 6 heteroatoms. The molecule has 0 radical (unpaired) electrons. The van der Waals surface area contributed by atoms with E-state index in [1.807, 2.05) is 12.3 Å². The van der Waals surface area contributed by atoms with Crippen LogP contribution in [-0.2, 0) is 6.42 Å². The van der Waals surface area contributed by atoms with Gasteiger partial charge in [0.05, 0.1) is 23.2 Å². The van der Waals surface area contributed by atoms with Crippen LogP contribution in [0.3, 0.4) is 0 Å². The highest BCUT2D eigenvalue weighted by molar-refractivity contribution is 7.09. The van der Waals surface area contributed by atoms with Gasteiger partial charge in [-0.2, -0.15) is 4.98 Å². The van der Waals surface area contributed by atoms with Crippen molar-refractivity contribution in [3.8, 4) is 0 Å². The van der Waals surface area contributed by atoms with Gasteiger partial charge in [-0.3, -0.25) is 0 Å². The summed E-state index contributed by atoms with van der Waals surface area (Å²) >= 11 is 1.63. The molecule has 0 aliphatic heterocycles. The van der Waals surface area contributed by atoms with Crippen LogP contribution in [0.15, 0.2) is 9.90 Å². The molecule has 0 aromatic carbocycles. The summed E-state index contributed by atoms with van der Waals surface area (Å²) in [5.41, 5.74) is 7.02. The Balaban J connectivity index is 1.64. The summed E-state index contributed by atoms with van der Waals surface area (Å²) in [5.74, 6) is 1.99. The predicted molar refractivity (Wildman–Crippen MR) is 68.2 cm³/mol. The second kappa shape index (κ2) is 4.78. The minimum Gasteiger partial charge on any atom is -0.338 e. The van der Waals surface area contributed by atoms with E-state index in [9.17, 15) is 0 Å². The average Bonchev–Trinajstić information content (AvgIpc) is 2.87. The van der Waals surface area contributed by atoms with Crippen LogP contribution >= 0.6 is 11.3 Å². The fourth-order valence-corrected chi connectivity index (χ4v) is 2.57. The highest BCUT2D eigenvalue weighted by Gasteiger charge is 2.27. The molecule has 1 aliphatic rings. The lowest BCUT2D eigenvalue weighted by atomic mass is 10.1. The minimum absolute atomic E-state index is 0.115. The predicted octanol–water partition coefficient (Wildman–Crippen LogP) is 2.23. The number of aryl methyl sites for hydroxylation is 1. The second-order valence-electron chi connectivity index (χ2n) is 4.87. The zero-order valence-corrected chi connectivity index (χ0v) is 11.1. The van der Waals surface area contributed by atoms with Crippen molar-refractivity contribution in [1.82, 2.24) is 15.1 Å². The second-order valence-corrected chi connectivity index (χ2v) is 5.93. The maximum atomic E-state index is 6.04. The van der Waals surface area contributed by atoms with Crippen molar-refractivity contribution < 1.29 is 4.52 Å². The normalized spacial score (nSPS) is 17.0. The SMILES string of the molecule is Cc1nc(Cc2noc(C(N)CC3CC3)n2)cs1. The van der Waals surface area contributed by atoms with Crippen LogP contribution in [0.4, 0.5) is 0 Å². The number of thiazole rings is 1. The quantitative estimate of drug-likeness (QED) is 0.896. The Labute approximate surface area is 109 Å². The summed E-state index contributed by atoms with van der Waals surface area (Å²) in [6, 6.07) is -0.115. The molecule has 1 aliphatic carbocycles. The first-order valence-corrected chi connectivity index (χ1v) is 7.07. The van der Waals surface area contributed by atoms with Gasteiger partial charge in [-0.1, -0.05) is 18.0 Å². The molecular formula is C12H16N4OS. The third-order valence-electron chi connectivity index (χ3n) is 3.09. The number of nitrogens with zero attached hydrogens (tertiary/aromatic N) is 3. The van der Waals surface area contributed by atoms with E-state index in [1.54, 1.807) is 11.3 Å². The molecule has 96 valence electrons. The van der Waals surface area contributed by atoms with E-state index in [2.05, 4.69) is 15.1 Å². The van der Waals surface area contributed by atoms with E-state index >= 15 is 0 Å². The van der Waals surface area contributed by atoms with Crippen molar-refractivity contribution >= 4 is 11.3 Å². The van der Waals surface area contributed by atoms with E-state index in [0.29, 0.717) is 18.1 Å². The highest BCUT2D eigenvalue weighted by Crippen LogP contribution is 2.36. The fraction of sp³-hybridized carbons (Fsp3) is 0.583. The smallest absolute Gasteiger partial charge is 0.243 e. The molecule has 5 nitrogen and oxygen atoms in total. The van der Waals surface area contributed by atoms with Gasteiger partial charge in [0.15, 0.2) is 5.82 Å². The van der Waals surface area contributed by atoms with Gasteiger partial charge in [0.25, 0.3) is 0 Å². The summed E-state index contributed by atoms with van der Waals surface area (Å²) in [6.07, 6.45) is 4.14. The van der Waals surface area contributed by atoms with Crippen molar-refractivity contribution in [3.63, 3.8) is 0 Å². The molecule has 1 saturated carbocycles. The van der Waals surface area contributed by atoms with Crippen LogP contribution in [0.2, 0.25) is 0 Å². The fourth-order valence-electron chi connectivity index (χ4n) is 1.95. The maximum Gasteiger partial charge on any atom is 0.243 e. The van der Waals surface area contributed by atoms with E-state index < -0.39 is 0 Å². The molecule has 18 heavy (non-hydrogen) atoms. The first-order valence-electron chi connectivity index (χ1n) is 6.20. The molecule has 2 heterocycles. The van der Waals surface area contributed by atoms with Crippen molar-refractivity contribution in [1.29, 1.82) is 0 Å². The van der Waals surface area contributed by atoms with Crippen LogP contribution in [0.1, 0.15) is 47.7 Å². The molecule has 0 amide bonds. The Morgan fingerprint density at radius 1 is 1.50 bits per heavy atom. The van der Waals surface area contributed by atoms with Crippen LogP contribution < -0.4 is 5.73 Å². The molecule has 2 N–H and O–H groups in total. The third kappa shape index (κ3) is 2.76. The average molecular weight is 264 g/mol. The summed E-state index contributed by atoms with van der Waals surface area (Å²) in [7, 11) is 0. The molecule has 1 unspecified atom stereocenters. The lowest BCUT2D eigenvalue weighted by Crippen LogP contribution is -2.11. The molecule has 0 bridgehead atoms. The Morgan fingerprint density at radius 2 is 2.33 bits per heavy atom. The van der Waals surface area contributed by atoms with Crippen LogP contribution in [0.25, 0.3) is 0 Å². The molecular weight excluding hydrogens is 248 g/mol. The molecule has 2 aromatic rings. The van der Waals surface area contributed by atoms with Crippen molar-refractivity contribution in [2.24, 2.45) is 11.7 Å². The molecule has 0 spiro atoms. The highest BCUT2D eigenvalue weighted by atomic mass is 32.1. The Kier molecular flexibility index (Phi) is 3.13. The van der Waals surface area contributed by atoms with Gasteiger partial charge in [-0.25, -0.2) is 4.98 Å². The molecule has 0 saturated heterocycles. The molecule has 1 fully saturated rings. The molecule has 1 atom stereocenters. The van der Waals surface area contributed by atoms with Crippen LogP contribution in [-0.4, -0.2) is 15.1 Å². The van der Waals surface area contributed by atoms with Gasteiger partial charge in [0.1, 0.15) is 0 Å². The third-order valence-corrected chi connectivity index (χ3v) is 3.91. The van der Waals surface area contributed by atoms with Crippen LogP contribution in [0, 0.1) is 12.8 Å². The van der Waals surface area contributed by atoms with Crippen LogP contribution in [0.5, 0.6) is 0 Å². The van der Waals surface area contributed by atoms with Gasteiger partial charge in [-0.05, 0) is 19.3 Å². The number of aromatic nitrogens is 3. The van der Waals surface area contributed by atoms with E-state index in [1.165, 1.54) is 12.8 Å². The summed E-state index contributed by atoms with van der Waals surface area (Å²) in [4.78, 5) is 8.74. The van der Waals surface area contributed by atoms with E-state index in [-0.39, 0.29) is 6.04 Å². The lowest BCUT2D eigenvalue weighted by molar-refractivity contribution is 0.341. The lowest BCUT2D eigenvalue weighted by Gasteiger charge is -2.03. The first-order chi connectivity index (χ1) is 8.70. The van der Waals surface area contributed by atoms with Gasteiger partial charge in [0.2, 0.25) is 5.89 Å². The molecule has 2 aromatic heterocycles. The van der Waals surface area contributed by atoms with Crippen molar-refractivity contribution in [3.05, 3.63) is 27.8 Å². The zero-order valence-electron chi connectivity index (χ0n) is 10.3. The van der Waals surface area contributed by atoms with E-state index in [0.717, 1.165) is 23.0 Å². The Morgan fingerprint density at radius 3 is 3.00 bits per heavy atom. The number of hydrogen-bond acceptors (Lipinski definition) is 6. The summed E-state index contributed by atoms with van der Waals surface area (Å²) in [6.45, 7) is 1.99. The Bertz CT molecular complexity index is 532. The number of hydrogen-bond donors (Lipinski definition) is 1. The topological polar surface area (TPSA) is 77.8 Å². The van der Waals surface area contributed by atoms with Gasteiger partial charge in [0, 0.05) is 5.38 Å². The summed E-state index contributed by atoms with van der Waals surface area (Å²) in [5, 5.41) is 7.05. The maximum absolute atomic E-state index is 6.04. The van der Waals surface area contributed by atoms with Crippen molar-refractivity contribution in [2.75, 3.05) is 0 Å². The standard InChI is InChI=1S/C12H16N4OS/c1-7-14-9(6-18-7)5-11-15-12(17-16-11)10(13)4-8-2-3-8/h6,8,10H,2-5,13H2,1H3. The monoisotopic (exact) mass is 264 g/mol. The van der Waals surface area contributed by atoms with Crippen molar-refractivity contribution in [2.45, 2.75) is 38.6 Å². The van der Waals surface area contributed by atoms with E-state index in [4.69, 9.17) is 10.3 Å². The first kappa shape index (κ1) is 11.8. The molecule has 3 rings (SSSR count). The number of nitrogens with two attached hydrogens (primary N) is 1. The van der Waals surface area contributed by atoms with Gasteiger partial charge < -0.3 is 10.3 Å². The minimum atomic E-state index is -0.115. The van der Waals surface area contributed by atoms with Gasteiger partial charge in [-0.15, -0.1) is 11.3 Å². The largest absolute Gasteiger partial charge is 0.338 e. The zero-order chi connectivity index (χ0) is 12.5.